The molecule has 102 valence electrons. The van der Waals surface area contributed by atoms with Gasteiger partial charge < -0.3 is 22.2 Å². The monoisotopic (exact) mass is 258 g/mol. The van der Waals surface area contributed by atoms with E-state index in [-0.39, 0.29) is 0 Å². The average Bonchev–Trinajstić information content (AvgIpc) is 2.91. The van der Waals surface area contributed by atoms with Gasteiger partial charge in [0.1, 0.15) is 0 Å². The zero-order chi connectivity index (χ0) is 13.7. The van der Waals surface area contributed by atoms with Gasteiger partial charge in [0, 0.05) is 24.5 Å². The molecule has 1 aromatic rings. The molecule has 1 aliphatic rings. The van der Waals surface area contributed by atoms with Crippen LogP contribution in [0.4, 0.5) is 11.4 Å². The van der Waals surface area contributed by atoms with E-state index in [0.717, 1.165) is 23.6 Å². The van der Waals surface area contributed by atoms with Crippen molar-refractivity contribution in [2.45, 2.75) is 25.7 Å². The summed E-state index contributed by atoms with van der Waals surface area (Å²) in [7, 11) is 0. The number of allylic oxidation sites excluding steroid dienone is 1. The van der Waals surface area contributed by atoms with E-state index in [0.29, 0.717) is 11.4 Å². The first-order valence-corrected chi connectivity index (χ1v) is 6.80. The van der Waals surface area contributed by atoms with E-state index in [2.05, 4.69) is 5.32 Å². The molecule has 0 radical (unpaired) electrons. The van der Waals surface area contributed by atoms with Gasteiger partial charge in [0.05, 0.1) is 11.4 Å². The second-order valence-electron chi connectivity index (χ2n) is 5.15. The summed E-state index contributed by atoms with van der Waals surface area (Å²) in [6.07, 6.45) is 8.57. The molecule has 0 amide bonds. The molecule has 2 rings (SSSR count). The van der Waals surface area contributed by atoms with Crippen molar-refractivity contribution in [3.63, 3.8) is 0 Å². The third-order valence-corrected chi connectivity index (χ3v) is 3.71. The fraction of sp³-hybridized carbons (Fsp3) is 0.400. The SMILES string of the molecule is N=C/C(=C\NCC1CCCC1)c1ccc(N)c(N)c1. The van der Waals surface area contributed by atoms with Gasteiger partial charge in [-0.05, 0) is 36.5 Å². The van der Waals surface area contributed by atoms with Crippen molar-refractivity contribution in [2.24, 2.45) is 5.92 Å². The predicted octanol–water partition coefficient (Wildman–Crippen LogP) is 2.62. The predicted molar refractivity (Wildman–Crippen MR) is 82.0 cm³/mol. The fourth-order valence-electron chi connectivity index (χ4n) is 2.51. The maximum Gasteiger partial charge on any atom is 0.0554 e. The third kappa shape index (κ3) is 3.50. The minimum atomic E-state index is 0.557. The molecule has 1 fully saturated rings. The Morgan fingerprint density at radius 1 is 1.26 bits per heavy atom. The lowest BCUT2D eigenvalue weighted by Gasteiger charge is -2.10. The normalized spacial score (nSPS) is 16.5. The molecule has 0 saturated heterocycles. The maximum absolute atomic E-state index is 7.50. The summed E-state index contributed by atoms with van der Waals surface area (Å²) in [5.74, 6) is 0.778. The summed E-state index contributed by atoms with van der Waals surface area (Å²) < 4.78 is 0. The number of rotatable bonds is 5. The average molecular weight is 258 g/mol. The molecule has 1 saturated carbocycles. The van der Waals surface area contributed by atoms with Gasteiger partial charge >= 0.3 is 0 Å². The van der Waals surface area contributed by atoms with Gasteiger partial charge in [-0.3, -0.25) is 0 Å². The number of anilines is 2. The van der Waals surface area contributed by atoms with Gasteiger partial charge in [-0.2, -0.15) is 0 Å². The zero-order valence-electron chi connectivity index (χ0n) is 11.2. The Balaban J connectivity index is 2.01. The van der Waals surface area contributed by atoms with Gasteiger partial charge in [0.15, 0.2) is 0 Å². The molecule has 19 heavy (non-hydrogen) atoms. The standard InChI is InChI=1S/C15H22N4/c16-8-13(10-19-9-11-3-1-2-4-11)12-5-6-14(17)15(18)7-12/h5-8,10-11,16,19H,1-4,9,17-18H2/b13-10+,16-8?. The van der Waals surface area contributed by atoms with E-state index >= 15 is 0 Å². The Labute approximate surface area is 114 Å². The highest BCUT2D eigenvalue weighted by Gasteiger charge is 2.13. The second kappa shape index (κ2) is 6.27. The van der Waals surface area contributed by atoms with Crippen molar-refractivity contribution in [1.29, 1.82) is 5.41 Å². The topological polar surface area (TPSA) is 87.9 Å². The van der Waals surface area contributed by atoms with Gasteiger partial charge in [-0.15, -0.1) is 0 Å². The molecule has 4 heteroatoms. The first-order valence-electron chi connectivity index (χ1n) is 6.80. The van der Waals surface area contributed by atoms with Crippen LogP contribution in [0.15, 0.2) is 24.4 Å². The fourth-order valence-corrected chi connectivity index (χ4v) is 2.51. The summed E-state index contributed by atoms with van der Waals surface area (Å²) in [6.45, 7) is 0.988. The Bertz CT molecular complexity index is 473. The minimum Gasteiger partial charge on any atom is -0.397 e. The Morgan fingerprint density at radius 3 is 2.63 bits per heavy atom. The highest BCUT2D eigenvalue weighted by molar-refractivity contribution is 6.08. The maximum atomic E-state index is 7.50. The van der Waals surface area contributed by atoms with Crippen LogP contribution in [0.5, 0.6) is 0 Å². The molecular weight excluding hydrogens is 236 g/mol. The van der Waals surface area contributed by atoms with Crippen molar-refractivity contribution in [1.82, 2.24) is 5.32 Å². The molecule has 0 atom stereocenters. The number of benzene rings is 1. The van der Waals surface area contributed by atoms with Gasteiger partial charge in [0.25, 0.3) is 0 Å². The van der Waals surface area contributed by atoms with Crippen molar-refractivity contribution in [3.05, 3.63) is 30.0 Å². The largest absolute Gasteiger partial charge is 0.397 e. The molecule has 0 bridgehead atoms. The number of hydrogen-bond donors (Lipinski definition) is 4. The molecule has 6 N–H and O–H groups in total. The third-order valence-electron chi connectivity index (χ3n) is 3.71. The summed E-state index contributed by atoms with van der Waals surface area (Å²) in [4.78, 5) is 0. The summed E-state index contributed by atoms with van der Waals surface area (Å²) in [6, 6.07) is 5.47. The molecule has 1 aromatic carbocycles. The van der Waals surface area contributed by atoms with Crippen LogP contribution in [-0.4, -0.2) is 12.8 Å². The number of nitrogens with two attached hydrogens (primary N) is 2. The van der Waals surface area contributed by atoms with Gasteiger partial charge in [-0.1, -0.05) is 18.9 Å². The van der Waals surface area contributed by atoms with Gasteiger partial charge in [-0.25, -0.2) is 0 Å². The van der Waals surface area contributed by atoms with E-state index in [4.69, 9.17) is 16.9 Å². The minimum absolute atomic E-state index is 0.557. The van der Waals surface area contributed by atoms with Crippen LogP contribution in [0.1, 0.15) is 31.2 Å². The molecule has 0 spiro atoms. The van der Waals surface area contributed by atoms with Crippen molar-refractivity contribution >= 4 is 23.2 Å². The lowest BCUT2D eigenvalue weighted by atomic mass is 10.1. The summed E-state index contributed by atoms with van der Waals surface area (Å²) in [5.41, 5.74) is 14.4. The smallest absolute Gasteiger partial charge is 0.0554 e. The van der Waals surface area contributed by atoms with Crippen molar-refractivity contribution in [3.8, 4) is 0 Å². The van der Waals surface area contributed by atoms with E-state index < -0.39 is 0 Å². The lowest BCUT2D eigenvalue weighted by molar-refractivity contribution is 0.527. The number of nitrogen functional groups attached to an aromatic ring is 2. The van der Waals surface area contributed by atoms with Crippen LogP contribution in [0.3, 0.4) is 0 Å². The van der Waals surface area contributed by atoms with E-state index in [9.17, 15) is 0 Å². The number of hydrogen-bond acceptors (Lipinski definition) is 4. The summed E-state index contributed by atoms with van der Waals surface area (Å²) >= 11 is 0. The summed E-state index contributed by atoms with van der Waals surface area (Å²) in [5, 5.41) is 10.8. The van der Waals surface area contributed by atoms with Crippen LogP contribution in [0, 0.1) is 11.3 Å². The van der Waals surface area contributed by atoms with E-state index in [1.807, 2.05) is 18.3 Å². The molecule has 0 aromatic heterocycles. The van der Waals surface area contributed by atoms with Gasteiger partial charge in [0.2, 0.25) is 0 Å². The quantitative estimate of drug-likeness (QED) is 0.483. The second-order valence-corrected chi connectivity index (χ2v) is 5.15. The highest BCUT2D eigenvalue weighted by atomic mass is 14.8. The molecular formula is C15H22N4. The van der Waals surface area contributed by atoms with E-state index in [1.165, 1.54) is 31.9 Å². The molecule has 0 heterocycles. The zero-order valence-corrected chi connectivity index (χ0v) is 11.2. The van der Waals surface area contributed by atoms with Crippen molar-refractivity contribution in [2.75, 3.05) is 18.0 Å². The van der Waals surface area contributed by atoms with Crippen LogP contribution in [-0.2, 0) is 0 Å². The Kier molecular flexibility index (Phi) is 4.44. The van der Waals surface area contributed by atoms with Crippen LogP contribution < -0.4 is 16.8 Å². The lowest BCUT2D eigenvalue weighted by Crippen LogP contribution is -2.16. The molecule has 1 aliphatic carbocycles. The molecule has 0 aliphatic heterocycles. The van der Waals surface area contributed by atoms with Crippen LogP contribution >= 0.6 is 0 Å². The molecule has 0 unspecified atom stereocenters. The Hall–Kier alpha value is -1.97. The van der Waals surface area contributed by atoms with E-state index in [1.54, 1.807) is 6.07 Å². The van der Waals surface area contributed by atoms with Crippen LogP contribution in [0.25, 0.3) is 5.57 Å². The first-order chi connectivity index (χ1) is 9.20. The first kappa shape index (κ1) is 13.5. The molecule has 4 nitrogen and oxygen atoms in total. The van der Waals surface area contributed by atoms with Crippen molar-refractivity contribution < 1.29 is 0 Å². The highest BCUT2D eigenvalue weighted by Crippen LogP contribution is 2.24. The Morgan fingerprint density at radius 2 is 2.00 bits per heavy atom. The number of nitrogens with one attached hydrogen (secondary N) is 2. The van der Waals surface area contributed by atoms with Crippen LogP contribution in [0.2, 0.25) is 0 Å².